The van der Waals surface area contributed by atoms with Gasteiger partial charge in [-0.25, -0.2) is 4.98 Å². The van der Waals surface area contributed by atoms with Crippen molar-refractivity contribution >= 4 is 27.5 Å². The Kier molecular flexibility index (Phi) is 6.47. The van der Waals surface area contributed by atoms with Gasteiger partial charge in [-0.15, -0.1) is 0 Å². The maximum atomic E-state index is 6.57. The van der Waals surface area contributed by atoms with Crippen molar-refractivity contribution in [3.05, 3.63) is 126 Å². The van der Waals surface area contributed by atoms with Crippen LogP contribution >= 0.6 is 0 Å². The molecule has 2 aliphatic heterocycles. The van der Waals surface area contributed by atoms with Crippen LogP contribution in [0.25, 0.3) is 33.3 Å². The number of nitrogens with zero attached hydrogens (tertiary/aromatic N) is 4. The number of hydrogen-bond donors (Lipinski definition) is 0. The topological polar surface area (TPSA) is 33.5 Å². The van der Waals surface area contributed by atoms with E-state index in [1.807, 2.05) is 12.3 Å². The second-order valence-electron chi connectivity index (χ2n) is 14.0. The number of pyridine rings is 1. The van der Waals surface area contributed by atoms with Crippen molar-refractivity contribution in [3.8, 4) is 17.3 Å². The van der Waals surface area contributed by atoms with Crippen LogP contribution < -0.4 is 4.74 Å². The molecule has 0 saturated carbocycles. The second-order valence-corrected chi connectivity index (χ2v) is 14.0. The molecule has 5 nitrogen and oxygen atoms in total. The van der Waals surface area contributed by atoms with E-state index in [4.69, 9.17) is 9.72 Å². The molecule has 2 aromatic heterocycles. The molecule has 0 amide bonds. The summed E-state index contributed by atoms with van der Waals surface area (Å²) in [6.45, 7) is 13.5. The zero-order valence-electron chi connectivity index (χ0n) is 26.7. The number of rotatable bonds is 4. The van der Waals surface area contributed by atoms with Crippen molar-refractivity contribution in [3.63, 3.8) is 0 Å². The molecule has 4 heterocycles. The van der Waals surface area contributed by atoms with Crippen LogP contribution in [0.2, 0.25) is 0 Å². The highest BCUT2D eigenvalue weighted by Crippen LogP contribution is 2.39. The average Bonchev–Trinajstić information content (AvgIpc) is 3.50. The Morgan fingerprint density at radius 3 is 2.30 bits per heavy atom. The molecule has 1 atom stereocenters. The Bertz CT molecular complexity index is 2000. The van der Waals surface area contributed by atoms with Gasteiger partial charge in [0.1, 0.15) is 23.5 Å². The molecule has 2 aliphatic rings. The largest absolute Gasteiger partial charge is 0.457 e. The minimum absolute atomic E-state index is 0.0129. The monoisotopic (exact) mass is 580 g/mol. The molecule has 222 valence electrons. The minimum Gasteiger partial charge on any atom is -0.457 e. The number of ether oxygens (including phenoxy) is 1. The van der Waals surface area contributed by atoms with E-state index in [0.717, 1.165) is 39.6 Å². The van der Waals surface area contributed by atoms with Gasteiger partial charge in [-0.3, -0.25) is 4.57 Å². The van der Waals surface area contributed by atoms with E-state index in [2.05, 4.69) is 160 Å². The molecule has 0 radical (unpaired) electrons. The lowest BCUT2D eigenvalue weighted by molar-refractivity contribution is 0.282. The molecule has 44 heavy (non-hydrogen) atoms. The standard InChI is InChI=1S/C39H40N4O/c1-38(2,3)27-14-17-33-32(22-27)31-16-15-30(24-34(31)43(33)36-23-28(18-19-40-36)39(4,5)6)44-29-12-10-11-26(21-29)35-25-41(7)37-13-8-9-20-42(35)37/h8-25,37H,1-7H3. The number of allylic oxidation sites excluding steroid dienone is 2. The molecule has 0 bridgehead atoms. The molecule has 1 unspecified atom stereocenters. The Morgan fingerprint density at radius 1 is 0.727 bits per heavy atom. The van der Waals surface area contributed by atoms with Crippen molar-refractivity contribution in [1.82, 2.24) is 19.4 Å². The normalized spacial score (nSPS) is 16.6. The molecule has 0 fully saturated rings. The number of likely N-dealkylation sites (N-methyl/N-ethyl adjacent to an activating group) is 1. The van der Waals surface area contributed by atoms with Crippen LogP contribution in [0.5, 0.6) is 11.5 Å². The Hall–Kier alpha value is -4.77. The third kappa shape index (κ3) is 4.86. The highest BCUT2D eigenvalue weighted by atomic mass is 16.5. The van der Waals surface area contributed by atoms with Crippen molar-refractivity contribution in [1.29, 1.82) is 0 Å². The van der Waals surface area contributed by atoms with Gasteiger partial charge < -0.3 is 14.5 Å². The molecule has 0 N–H and O–H groups in total. The summed E-state index contributed by atoms with van der Waals surface area (Å²) in [6, 6.07) is 26.0. The summed E-state index contributed by atoms with van der Waals surface area (Å²) in [5, 5.41) is 2.41. The smallest absolute Gasteiger partial charge is 0.137 e. The van der Waals surface area contributed by atoms with Crippen LogP contribution in [0.4, 0.5) is 0 Å². The number of aromatic nitrogens is 2. The molecule has 5 aromatic rings. The van der Waals surface area contributed by atoms with Crippen LogP contribution in [0.1, 0.15) is 58.2 Å². The summed E-state index contributed by atoms with van der Waals surface area (Å²) < 4.78 is 8.85. The van der Waals surface area contributed by atoms with E-state index in [0.29, 0.717) is 0 Å². The summed E-state index contributed by atoms with van der Waals surface area (Å²) in [6.07, 6.45) is 12.8. The van der Waals surface area contributed by atoms with Gasteiger partial charge >= 0.3 is 0 Å². The summed E-state index contributed by atoms with van der Waals surface area (Å²) in [4.78, 5) is 9.38. The highest BCUT2D eigenvalue weighted by molar-refractivity contribution is 6.09. The van der Waals surface area contributed by atoms with E-state index in [-0.39, 0.29) is 17.0 Å². The fraction of sp³-hybridized carbons (Fsp3) is 0.256. The molecule has 0 saturated heterocycles. The summed E-state index contributed by atoms with van der Waals surface area (Å²) >= 11 is 0. The van der Waals surface area contributed by atoms with Crippen molar-refractivity contribution in [2.45, 2.75) is 58.5 Å². The minimum atomic E-state index is 0.0129. The van der Waals surface area contributed by atoms with Gasteiger partial charge in [0.2, 0.25) is 0 Å². The molecule has 0 spiro atoms. The number of fused-ring (bicyclic) bond motifs is 4. The third-order valence-corrected chi connectivity index (χ3v) is 8.76. The quantitative estimate of drug-likeness (QED) is 0.212. The predicted molar refractivity (Wildman–Crippen MR) is 182 cm³/mol. The first-order valence-corrected chi connectivity index (χ1v) is 15.4. The van der Waals surface area contributed by atoms with Crippen LogP contribution in [0.3, 0.4) is 0 Å². The van der Waals surface area contributed by atoms with Gasteiger partial charge in [-0.05, 0) is 82.6 Å². The van der Waals surface area contributed by atoms with E-state index >= 15 is 0 Å². The molecular weight excluding hydrogens is 540 g/mol. The van der Waals surface area contributed by atoms with E-state index in [9.17, 15) is 0 Å². The van der Waals surface area contributed by atoms with Gasteiger partial charge in [0, 0.05) is 48.0 Å². The molecule has 0 aliphatic carbocycles. The number of hydrogen-bond acceptors (Lipinski definition) is 4. The molecule has 7 rings (SSSR count). The summed E-state index contributed by atoms with van der Waals surface area (Å²) in [5.74, 6) is 2.50. The van der Waals surface area contributed by atoms with Gasteiger partial charge in [-0.2, -0.15) is 0 Å². The van der Waals surface area contributed by atoms with E-state index < -0.39 is 0 Å². The van der Waals surface area contributed by atoms with Crippen LogP contribution in [0, 0.1) is 0 Å². The average molecular weight is 581 g/mol. The maximum Gasteiger partial charge on any atom is 0.137 e. The first-order valence-electron chi connectivity index (χ1n) is 15.4. The molecular formula is C39H40N4O. The summed E-state index contributed by atoms with van der Waals surface area (Å²) in [5.41, 5.74) is 7.10. The van der Waals surface area contributed by atoms with Crippen molar-refractivity contribution < 1.29 is 4.74 Å². The fourth-order valence-corrected chi connectivity index (χ4v) is 6.24. The highest BCUT2D eigenvalue weighted by Gasteiger charge is 2.28. The molecule has 3 aromatic carbocycles. The number of benzene rings is 3. The van der Waals surface area contributed by atoms with Crippen molar-refractivity contribution in [2.75, 3.05) is 7.05 Å². The van der Waals surface area contributed by atoms with Gasteiger partial charge in [0.15, 0.2) is 0 Å². The van der Waals surface area contributed by atoms with E-state index in [1.165, 1.54) is 21.9 Å². The van der Waals surface area contributed by atoms with Gasteiger partial charge in [0.05, 0.1) is 16.7 Å². The second kappa shape index (κ2) is 10.2. The summed E-state index contributed by atoms with van der Waals surface area (Å²) in [7, 11) is 2.11. The SMILES string of the molecule is CN1C=C(c2cccc(Oc3ccc4c5cc(C(C)(C)C)ccc5n(-c5cc(C(C)(C)C)ccn5)c4c3)c2)N2C=CC=CC12. The molecule has 5 heteroatoms. The van der Waals surface area contributed by atoms with E-state index in [1.54, 1.807) is 0 Å². The van der Waals surface area contributed by atoms with Gasteiger partial charge in [0.25, 0.3) is 0 Å². The van der Waals surface area contributed by atoms with Crippen LogP contribution in [-0.2, 0) is 10.8 Å². The van der Waals surface area contributed by atoms with Crippen molar-refractivity contribution in [2.24, 2.45) is 0 Å². The zero-order valence-corrected chi connectivity index (χ0v) is 26.7. The Morgan fingerprint density at radius 2 is 1.50 bits per heavy atom. The lowest BCUT2D eigenvalue weighted by Crippen LogP contribution is -2.33. The van der Waals surface area contributed by atoms with Crippen LogP contribution in [-0.4, -0.2) is 32.6 Å². The fourth-order valence-electron chi connectivity index (χ4n) is 6.24. The maximum absolute atomic E-state index is 6.57. The van der Waals surface area contributed by atoms with Crippen LogP contribution in [0.15, 0.2) is 110 Å². The first kappa shape index (κ1) is 28.0. The Balaban J connectivity index is 1.33. The van der Waals surface area contributed by atoms with Gasteiger partial charge in [-0.1, -0.05) is 65.8 Å². The lowest BCUT2D eigenvalue weighted by atomic mass is 9.86. The third-order valence-electron chi connectivity index (χ3n) is 8.76. The zero-order chi connectivity index (χ0) is 30.8. The lowest BCUT2D eigenvalue weighted by Gasteiger charge is -2.29. The predicted octanol–water partition coefficient (Wildman–Crippen LogP) is 9.52. The Labute approximate surface area is 260 Å². The first-order chi connectivity index (χ1) is 21.0.